The molecule has 0 aliphatic heterocycles. The number of ether oxygens (including phenoxy) is 1. The molecule has 1 rings (SSSR count). The number of thiocarbonyl (C=S) groups is 1. The number of nitrogens with zero attached hydrogens (tertiary/aromatic N) is 1. The van der Waals surface area contributed by atoms with Gasteiger partial charge in [-0.2, -0.15) is 0 Å². The zero-order valence-corrected chi connectivity index (χ0v) is 10.4. The first-order chi connectivity index (χ1) is 7.75. The fraction of sp³-hybridized carbons (Fsp3) is 0.500. The van der Waals surface area contributed by atoms with Crippen molar-refractivity contribution in [3.05, 3.63) is 29.6 Å². The molecule has 0 aromatic carbocycles. The highest BCUT2D eigenvalue weighted by Crippen LogP contribution is 2.07. The first-order valence-electron chi connectivity index (χ1n) is 5.57. The Morgan fingerprint density at radius 1 is 1.50 bits per heavy atom. The maximum atomic E-state index is 5.58. The molecule has 1 aromatic heterocycles. The predicted octanol–water partition coefficient (Wildman–Crippen LogP) is 2.42. The van der Waals surface area contributed by atoms with Gasteiger partial charge in [-0.3, -0.25) is 4.98 Å². The molecular formula is C12H18N2OS. The largest absolute Gasteiger partial charge is 0.388 e. The van der Waals surface area contributed by atoms with Crippen molar-refractivity contribution in [2.75, 3.05) is 6.61 Å². The Morgan fingerprint density at radius 2 is 2.31 bits per heavy atom. The lowest BCUT2D eigenvalue weighted by Crippen LogP contribution is -2.15. The topological polar surface area (TPSA) is 48.1 Å². The maximum absolute atomic E-state index is 5.58. The van der Waals surface area contributed by atoms with Gasteiger partial charge in [0, 0.05) is 18.4 Å². The molecule has 0 aliphatic carbocycles. The van der Waals surface area contributed by atoms with Gasteiger partial charge in [-0.1, -0.05) is 38.0 Å². The summed E-state index contributed by atoms with van der Waals surface area (Å²) in [5.74, 6) is 0. The number of unbranched alkanes of at least 4 members (excludes halogenated alkanes) is 2. The van der Waals surface area contributed by atoms with Crippen molar-refractivity contribution in [2.24, 2.45) is 5.73 Å². The number of hydrogen-bond donors (Lipinski definition) is 1. The van der Waals surface area contributed by atoms with Crippen molar-refractivity contribution < 1.29 is 4.74 Å². The second-order valence-electron chi connectivity index (χ2n) is 3.64. The summed E-state index contributed by atoms with van der Waals surface area (Å²) in [4.78, 5) is 4.47. The molecule has 0 bridgehead atoms. The van der Waals surface area contributed by atoms with Crippen LogP contribution in [0.2, 0.25) is 0 Å². The summed E-state index contributed by atoms with van der Waals surface area (Å²) in [7, 11) is 0. The van der Waals surface area contributed by atoms with Crippen LogP contribution in [0.1, 0.15) is 37.4 Å². The number of aromatic nitrogens is 1. The summed E-state index contributed by atoms with van der Waals surface area (Å²) in [5, 5.41) is 0. The van der Waals surface area contributed by atoms with Gasteiger partial charge in [0.1, 0.15) is 10.7 Å². The standard InChI is InChI=1S/C12H18N2OS/c1-2-3-4-8-15-9-10-6-5-7-14-11(10)12(13)16/h5-7H,2-4,8-9H2,1H3,(H2,13,16). The van der Waals surface area contributed by atoms with Gasteiger partial charge in [-0.25, -0.2) is 0 Å². The van der Waals surface area contributed by atoms with Crippen molar-refractivity contribution >= 4 is 17.2 Å². The lowest BCUT2D eigenvalue weighted by molar-refractivity contribution is 0.117. The van der Waals surface area contributed by atoms with Crippen LogP contribution in [0.3, 0.4) is 0 Å². The zero-order chi connectivity index (χ0) is 11.8. The Balaban J connectivity index is 2.44. The molecule has 0 spiro atoms. The third-order valence-corrected chi connectivity index (χ3v) is 2.47. The third-order valence-electron chi connectivity index (χ3n) is 2.27. The first kappa shape index (κ1) is 13.1. The average Bonchev–Trinajstić information content (AvgIpc) is 2.29. The molecule has 0 unspecified atom stereocenters. The Labute approximate surface area is 102 Å². The third kappa shape index (κ3) is 4.24. The van der Waals surface area contributed by atoms with E-state index in [1.165, 1.54) is 12.8 Å². The molecule has 0 saturated carbocycles. The minimum Gasteiger partial charge on any atom is -0.388 e. The molecule has 3 nitrogen and oxygen atoms in total. The Hall–Kier alpha value is -1.00. The van der Waals surface area contributed by atoms with E-state index < -0.39 is 0 Å². The molecular weight excluding hydrogens is 220 g/mol. The molecule has 2 N–H and O–H groups in total. The van der Waals surface area contributed by atoms with Crippen molar-refractivity contribution in [3.63, 3.8) is 0 Å². The van der Waals surface area contributed by atoms with Gasteiger partial charge >= 0.3 is 0 Å². The van der Waals surface area contributed by atoms with E-state index in [4.69, 9.17) is 22.7 Å². The van der Waals surface area contributed by atoms with E-state index >= 15 is 0 Å². The van der Waals surface area contributed by atoms with Gasteiger partial charge in [0.25, 0.3) is 0 Å². The van der Waals surface area contributed by atoms with E-state index in [1.807, 2.05) is 12.1 Å². The summed E-state index contributed by atoms with van der Waals surface area (Å²) in [5.41, 5.74) is 7.22. The van der Waals surface area contributed by atoms with Crippen LogP contribution in [-0.4, -0.2) is 16.6 Å². The van der Waals surface area contributed by atoms with Crippen LogP contribution >= 0.6 is 12.2 Å². The molecule has 1 aromatic rings. The van der Waals surface area contributed by atoms with E-state index in [1.54, 1.807) is 6.20 Å². The highest BCUT2D eigenvalue weighted by Gasteiger charge is 2.05. The molecule has 1 heterocycles. The summed E-state index contributed by atoms with van der Waals surface area (Å²) < 4.78 is 5.56. The van der Waals surface area contributed by atoms with Crippen LogP contribution in [-0.2, 0) is 11.3 Å². The fourth-order valence-electron chi connectivity index (χ4n) is 1.41. The average molecular weight is 238 g/mol. The molecule has 0 atom stereocenters. The fourth-order valence-corrected chi connectivity index (χ4v) is 1.60. The lowest BCUT2D eigenvalue weighted by atomic mass is 10.2. The van der Waals surface area contributed by atoms with Gasteiger partial charge in [-0.15, -0.1) is 0 Å². The molecule has 0 aliphatic rings. The molecule has 88 valence electrons. The molecule has 0 saturated heterocycles. The SMILES string of the molecule is CCCCCOCc1cccnc1C(N)=S. The van der Waals surface area contributed by atoms with Crippen LogP contribution in [0.4, 0.5) is 0 Å². The van der Waals surface area contributed by atoms with Crippen molar-refractivity contribution in [3.8, 4) is 0 Å². The number of rotatable bonds is 7. The second-order valence-corrected chi connectivity index (χ2v) is 4.07. The van der Waals surface area contributed by atoms with E-state index in [0.717, 1.165) is 18.6 Å². The maximum Gasteiger partial charge on any atom is 0.123 e. The van der Waals surface area contributed by atoms with Crippen LogP contribution in [0.15, 0.2) is 18.3 Å². The van der Waals surface area contributed by atoms with E-state index in [-0.39, 0.29) is 0 Å². The number of nitrogens with two attached hydrogens (primary N) is 1. The number of pyridine rings is 1. The monoisotopic (exact) mass is 238 g/mol. The summed E-state index contributed by atoms with van der Waals surface area (Å²) in [6, 6.07) is 3.81. The Morgan fingerprint density at radius 3 is 3.00 bits per heavy atom. The van der Waals surface area contributed by atoms with E-state index in [9.17, 15) is 0 Å². The summed E-state index contributed by atoms with van der Waals surface area (Å²) in [6.07, 6.45) is 5.19. The smallest absolute Gasteiger partial charge is 0.123 e. The molecule has 0 radical (unpaired) electrons. The molecule has 4 heteroatoms. The summed E-state index contributed by atoms with van der Waals surface area (Å²) >= 11 is 4.93. The zero-order valence-electron chi connectivity index (χ0n) is 9.61. The number of hydrogen-bond acceptors (Lipinski definition) is 3. The van der Waals surface area contributed by atoms with Crippen LogP contribution in [0.5, 0.6) is 0 Å². The minimum absolute atomic E-state index is 0.327. The van der Waals surface area contributed by atoms with E-state index in [2.05, 4.69) is 11.9 Å². The summed E-state index contributed by atoms with van der Waals surface area (Å²) in [6.45, 7) is 3.48. The van der Waals surface area contributed by atoms with Crippen molar-refractivity contribution in [2.45, 2.75) is 32.8 Å². The molecule has 0 amide bonds. The van der Waals surface area contributed by atoms with Crippen molar-refractivity contribution in [1.82, 2.24) is 4.98 Å². The highest BCUT2D eigenvalue weighted by atomic mass is 32.1. The molecule has 16 heavy (non-hydrogen) atoms. The van der Waals surface area contributed by atoms with Gasteiger partial charge < -0.3 is 10.5 Å². The second kappa shape index (κ2) is 7.30. The van der Waals surface area contributed by atoms with Crippen LogP contribution in [0.25, 0.3) is 0 Å². The predicted molar refractivity (Wildman–Crippen MR) is 69.3 cm³/mol. The van der Waals surface area contributed by atoms with Gasteiger partial charge in [-0.05, 0) is 12.5 Å². The van der Waals surface area contributed by atoms with Crippen LogP contribution < -0.4 is 5.73 Å². The normalized spacial score (nSPS) is 10.3. The first-order valence-corrected chi connectivity index (χ1v) is 5.98. The Bertz CT molecular complexity index is 342. The van der Waals surface area contributed by atoms with Crippen molar-refractivity contribution in [1.29, 1.82) is 0 Å². The minimum atomic E-state index is 0.327. The van der Waals surface area contributed by atoms with Gasteiger partial charge in [0.2, 0.25) is 0 Å². The van der Waals surface area contributed by atoms with Crippen LogP contribution in [0, 0.1) is 0 Å². The molecule has 0 fully saturated rings. The van der Waals surface area contributed by atoms with Gasteiger partial charge in [0.15, 0.2) is 0 Å². The van der Waals surface area contributed by atoms with E-state index in [0.29, 0.717) is 17.3 Å². The van der Waals surface area contributed by atoms with Gasteiger partial charge in [0.05, 0.1) is 6.61 Å². The quantitative estimate of drug-likeness (QED) is 0.585. The Kier molecular flexibility index (Phi) is 5.96. The lowest BCUT2D eigenvalue weighted by Gasteiger charge is -2.07. The highest BCUT2D eigenvalue weighted by molar-refractivity contribution is 7.80.